The third kappa shape index (κ3) is 2.92. The number of nitrogens with one attached hydrogen (secondary N) is 1. The lowest BCUT2D eigenvalue weighted by molar-refractivity contribution is 0.694. The van der Waals surface area contributed by atoms with Gasteiger partial charge in [-0.2, -0.15) is 11.8 Å². The number of aryl methyl sites for hydroxylation is 4. The van der Waals surface area contributed by atoms with E-state index in [-0.39, 0.29) is 0 Å². The maximum absolute atomic E-state index is 3.55. The third-order valence-corrected chi connectivity index (χ3v) is 6.56. The Balaban J connectivity index is 2.04. The quantitative estimate of drug-likeness (QED) is 0.875. The van der Waals surface area contributed by atoms with E-state index in [2.05, 4.69) is 63.1 Å². The molecule has 2 heterocycles. The van der Waals surface area contributed by atoms with E-state index in [1.807, 2.05) is 11.3 Å². The topological polar surface area (TPSA) is 12.0 Å². The highest BCUT2D eigenvalue weighted by Crippen LogP contribution is 2.38. The van der Waals surface area contributed by atoms with Gasteiger partial charge in [-0.3, -0.25) is 0 Å². The first kappa shape index (κ1) is 15.1. The monoisotopic (exact) mass is 317 g/mol. The average molecular weight is 318 g/mol. The molecular weight excluding hydrogens is 294 g/mol. The van der Waals surface area contributed by atoms with Crippen molar-refractivity contribution in [1.29, 1.82) is 0 Å². The van der Waals surface area contributed by atoms with Crippen molar-refractivity contribution in [2.75, 3.05) is 12.8 Å². The molecule has 1 atom stereocenters. The number of hydrogen-bond donors (Lipinski definition) is 1. The number of rotatable bonds is 3. The molecule has 0 saturated carbocycles. The van der Waals surface area contributed by atoms with Crippen molar-refractivity contribution in [3.05, 3.63) is 55.8 Å². The molecule has 1 aliphatic rings. The molecule has 1 nitrogen and oxygen atoms in total. The lowest BCUT2D eigenvalue weighted by Gasteiger charge is -2.21. The van der Waals surface area contributed by atoms with E-state index in [1.54, 1.807) is 10.4 Å². The predicted octanol–water partition coefficient (Wildman–Crippen LogP) is 4.77. The zero-order chi connectivity index (χ0) is 15.0. The molecule has 0 aliphatic carbocycles. The number of thiophene rings is 1. The molecule has 1 aromatic heterocycles. The largest absolute Gasteiger partial charge is 0.309 e. The van der Waals surface area contributed by atoms with E-state index in [0.29, 0.717) is 6.04 Å². The second kappa shape index (κ2) is 6.15. The van der Waals surface area contributed by atoms with Crippen LogP contribution >= 0.6 is 23.1 Å². The van der Waals surface area contributed by atoms with Gasteiger partial charge < -0.3 is 5.32 Å². The highest BCUT2D eigenvalue weighted by Gasteiger charge is 2.22. The first-order valence-corrected chi connectivity index (χ1v) is 9.51. The Morgan fingerprint density at radius 1 is 1.10 bits per heavy atom. The smallest absolute Gasteiger partial charge is 0.0673 e. The lowest BCUT2D eigenvalue weighted by atomic mass is 9.93. The number of thioether (sulfide) groups is 1. The molecule has 3 rings (SSSR count). The van der Waals surface area contributed by atoms with Crippen molar-refractivity contribution in [2.24, 2.45) is 0 Å². The Morgan fingerprint density at radius 2 is 1.81 bits per heavy atom. The summed E-state index contributed by atoms with van der Waals surface area (Å²) in [6.45, 7) is 6.66. The van der Waals surface area contributed by atoms with Gasteiger partial charge in [-0.05, 0) is 68.3 Å². The molecule has 0 fully saturated rings. The summed E-state index contributed by atoms with van der Waals surface area (Å²) in [7, 11) is 2.08. The second-order valence-corrected chi connectivity index (χ2v) is 8.21. The van der Waals surface area contributed by atoms with Crippen molar-refractivity contribution in [3.8, 4) is 0 Å². The molecule has 1 aromatic carbocycles. The van der Waals surface area contributed by atoms with E-state index in [9.17, 15) is 0 Å². The summed E-state index contributed by atoms with van der Waals surface area (Å²) < 4.78 is 0. The first-order valence-electron chi connectivity index (χ1n) is 7.54. The zero-order valence-corrected chi connectivity index (χ0v) is 14.9. The third-order valence-electron chi connectivity index (χ3n) is 4.25. The SMILES string of the molecule is CNC(c1cc2c(s1)CCSC2)c1c(C)cc(C)cc1C. The molecule has 112 valence electrons. The summed E-state index contributed by atoms with van der Waals surface area (Å²) in [4.78, 5) is 3.08. The van der Waals surface area contributed by atoms with Gasteiger partial charge in [-0.15, -0.1) is 11.3 Å². The van der Waals surface area contributed by atoms with Crippen LogP contribution in [-0.4, -0.2) is 12.8 Å². The van der Waals surface area contributed by atoms with Crippen molar-refractivity contribution in [1.82, 2.24) is 5.32 Å². The fourth-order valence-corrected chi connectivity index (χ4v) is 5.88. The molecule has 0 bridgehead atoms. The fourth-order valence-electron chi connectivity index (χ4n) is 3.39. The van der Waals surface area contributed by atoms with Crippen molar-refractivity contribution in [2.45, 2.75) is 39.0 Å². The minimum absolute atomic E-state index is 0.325. The maximum atomic E-state index is 3.55. The Kier molecular flexibility index (Phi) is 4.43. The minimum Gasteiger partial charge on any atom is -0.309 e. The van der Waals surface area contributed by atoms with Crippen LogP contribution in [-0.2, 0) is 12.2 Å². The standard InChI is InChI=1S/C18H23NS2/c1-11-7-12(2)17(13(3)8-11)18(19-4)16-9-14-10-20-6-5-15(14)21-16/h7-9,18-19H,5-6,10H2,1-4H3. The van der Waals surface area contributed by atoms with Crippen LogP contribution in [0.2, 0.25) is 0 Å². The van der Waals surface area contributed by atoms with Crippen molar-refractivity contribution < 1.29 is 0 Å². The van der Waals surface area contributed by atoms with Crippen LogP contribution in [0.5, 0.6) is 0 Å². The molecule has 1 aliphatic heterocycles. The van der Waals surface area contributed by atoms with Gasteiger partial charge >= 0.3 is 0 Å². The summed E-state index contributed by atoms with van der Waals surface area (Å²) in [5.74, 6) is 2.47. The van der Waals surface area contributed by atoms with Crippen LogP contribution in [0.15, 0.2) is 18.2 Å². The minimum atomic E-state index is 0.325. The summed E-state index contributed by atoms with van der Waals surface area (Å²) in [5.41, 5.74) is 7.16. The van der Waals surface area contributed by atoms with E-state index in [1.165, 1.54) is 45.1 Å². The molecule has 0 spiro atoms. The van der Waals surface area contributed by atoms with Gasteiger partial charge in [-0.1, -0.05) is 17.7 Å². The summed E-state index contributed by atoms with van der Waals surface area (Å²) in [6, 6.07) is 7.37. The van der Waals surface area contributed by atoms with Gasteiger partial charge in [-0.25, -0.2) is 0 Å². The van der Waals surface area contributed by atoms with Gasteiger partial charge in [0.1, 0.15) is 0 Å². The molecule has 3 heteroatoms. The van der Waals surface area contributed by atoms with E-state index >= 15 is 0 Å². The molecule has 1 unspecified atom stereocenters. The Hall–Kier alpha value is -0.770. The number of benzene rings is 1. The van der Waals surface area contributed by atoms with Crippen LogP contribution in [0.3, 0.4) is 0 Å². The number of fused-ring (bicyclic) bond motifs is 1. The van der Waals surface area contributed by atoms with Gasteiger partial charge in [0.05, 0.1) is 6.04 Å². The van der Waals surface area contributed by atoms with Gasteiger partial charge in [0.15, 0.2) is 0 Å². The van der Waals surface area contributed by atoms with Crippen molar-refractivity contribution >= 4 is 23.1 Å². The van der Waals surface area contributed by atoms with Crippen LogP contribution in [0, 0.1) is 20.8 Å². The highest BCUT2D eigenvalue weighted by atomic mass is 32.2. The highest BCUT2D eigenvalue weighted by molar-refractivity contribution is 7.98. The molecule has 0 saturated heterocycles. The van der Waals surface area contributed by atoms with Crippen LogP contribution in [0.1, 0.15) is 43.6 Å². The Bertz CT molecular complexity index is 611. The van der Waals surface area contributed by atoms with Gasteiger partial charge in [0.25, 0.3) is 0 Å². The summed E-state index contributed by atoms with van der Waals surface area (Å²) in [6.07, 6.45) is 1.24. The lowest BCUT2D eigenvalue weighted by Crippen LogP contribution is -2.19. The predicted molar refractivity (Wildman–Crippen MR) is 95.7 cm³/mol. The van der Waals surface area contributed by atoms with Crippen LogP contribution in [0.25, 0.3) is 0 Å². The summed E-state index contributed by atoms with van der Waals surface area (Å²) >= 11 is 4.07. The molecule has 0 amide bonds. The average Bonchev–Trinajstić information content (AvgIpc) is 2.85. The Morgan fingerprint density at radius 3 is 2.43 bits per heavy atom. The zero-order valence-electron chi connectivity index (χ0n) is 13.2. The van der Waals surface area contributed by atoms with Gasteiger partial charge in [0, 0.05) is 15.5 Å². The first-order chi connectivity index (χ1) is 10.1. The molecule has 1 N–H and O–H groups in total. The van der Waals surface area contributed by atoms with E-state index in [4.69, 9.17) is 0 Å². The van der Waals surface area contributed by atoms with Crippen molar-refractivity contribution in [3.63, 3.8) is 0 Å². The fraction of sp³-hybridized carbons (Fsp3) is 0.444. The van der Waals surface area contributed by atoms with Crippen LogP contribution in [0.4, 0.5) is 0 Å². The molecular formula is C18H23NS2. The number of hydrogen-bond acceptors (Lipinski definition) is 3. The molecule has 0 radical (unpaired) electrons. The molecule has 2 aromatic rings. The van der Waals surface area contributed by atoms with E-state index < -0.39 is 0 Å². The Labute approximate surface area is 136 Å². The van der Waals surface area contributed by atoms with Gasteiger partial charge in [0.2, 0.25) is 0 Å². The second-order valence-electron chi connectivity index (χ2n) is 5.93. The van der Waals surface area contributed by atoms with Crippen LogP contribution < -0.4 is 5.32 Å². The maximum Gasteiger partial charge on any atom is 0.0673 e. The molecule has 21 heavy (non-hydrogen) atoms. The summed E-state index contributed by atoms with van der Waals surface area (Å²) in [5, 5.41) is 3.55. The normalized spacial score (nSPS) is 15.8. The van der Waals surface area contributed by atoms with E-state index in [0.717, 1.165) is 0 Å².